The van der Waals surface area contributed by atoms with E-state index in [-0.39, 0.29) is 17.8 Å². The van der Waals surface area contributed by atoms with E-state index in [4.69, 9.17) is 10.5 Å². The Morgan fingerprint density at radius 1 is 1.26 bits per heavy atom. The van der Waals surface area contributed by atoms with Crippen LogP contribution in [0, 0.1) is 5.82 Å². The summed E-state index contributed by atoms with van der Waals surface area (Å²) >= 11 is 1.48. The van der Waals surface area contributed by atoms with Crippen LogP contribution in [0.2, 0.25) is 0 Å². The second kappa shape index (κ2) is 12.0. The quantitative estimate of drug-likeness (QED) is 0.378. The van der Waals surface area contributed by atoms with E-state index in [0.29, 0.717) is 11.4 Å². The summed E-state index contributed by atoms with van der Waals surface area (Å²) in [5, 5.41) is 10.7. The summed E-state index contributed by atoms with van der Waals surface area (Å²) in [6.07, 6.45) is 8.76. The third-order valence-corrected chi connectivity index (χ3v) is 8.00. The van der Waals surface area contributed by atoms with Crippen LogP contribution in [0.15, 0.2) is 48.9 Å². The Labute approximate surface area is 231 Å². The predicted molar refractivity (Wildman–Crippen MR) is 153 cm³/mol. The molecule has 1 aliphatic carbocycles. The molecule has 2 aliphatic rings. The molecule has 2 aromatic heterocycles. The molecule has 2 fully saturated rings. The van der Waals surface area contributed by atoms with Crippen molar-refractivity contribution in [3.05, 3.63) is 64.5 Å². The van der Waals surface area contributed by atoms with Gasteiger partial charge in [-0.2, -0.15) is 5.10 Å². The number of nitrogens with two attached hydrogens (primary N) is 1. The fraction of sp³-hybridized carbons (Fsp3) is 0.357. The number of likely N-dealkylation sites (N-methyl/N-ethyl adjacent to an activating group) is 1. The zero-order chi connectivity index (χ0) is 27.4. The first kappa shape index (κ1) is 26.9. The smallest absolute Gasteiger partial charge is 0.319 e. The summed E-state index contributed by atoms with van der Waals surface area (Å²) in [4.78, 5) is 17.8. The summed E-state index contributed by atoms with van der Waals surface area (Å²) in [5.74, 6) is -0.208. The monoisotopic (exact) mass is 551 g/mol. The molecule has 0 radical (unpaired) electrons. The molecule has 9 nitrogen and oxygen atoms in total. The van der Waals surface area contributed by atoms with Crippen molar-refractivity contribution in [3.8, 4) is 16.2 Å². The largest absolute Gasteiger partial charge is 0.453 e. The lowest BCUT2D eigenvalue weighted by atomic mass is 10.2. The van der Waals surface area contributed by atoms with Crippen molar-refractivity contribution < 1.29 is 13.9 Å². The predicted octanol–water partition coefficient (Wildman–Crippen LogP) is 2.35. The molecule has 1 saturated carbocycles. The minimum Gasteiger partial charge on any atom is -0.453 e. The highest BCUT2D eigenvalue weighted by Gasteiger charge is 2.23. The van der Waals surface area contributed by atoms with E-state index in [9.17, 15) is 9.18 Å². The lowest BCUT2D eigenvalue weighted by Gasteiger charge is -2.32. The standard InChI is InChI=1S/C28H34FN7O2S/c1-19-15-26(20-17-31-36(18-20)14-13-35-11-9-34(2)10-12-35)39-27(19)25(7-8-30)38-24-6-5-22(16-23(24)29)33-28(37)32-21-3-4-21/h5-8,15-18,21H,1,3-4,9-14,30H2,2H3,(H2,32,33,37)/b8-7-,27-25-. The van der Waals surface area contributed by atoms with Crippen LogP contribution in [-0.2, 0) is 6.54 Å². The summed E-state index contributed by atoms with van der Waals surface area (Å²) in [7, 11) is 2.16. The maximum atomic E-state index is 14.9. The molecule has 11 heteroatoms. The van der Waals surface area contributed by atoms with Gasteiger partial charge in [0, 0.05) is 67.2 Å². The number of nitrogens with zero attached hydrogens (tertiary/aromatic N) is 4. The number of amides is 2. The van der Waals surface area contributed by atoms with E-state index < -0.39 is 5.82 Å². The Bertz CT molecular complexity index is 1450. The van der Waals surface area contributed by atoms with Crippen LogP contribution in [0.1, 0.15) is 12.8 Å². The summed E-state index contributed by atoms with van der Waals surface area (Å²) < 4.78 is 23.5. The SMILES string of the molecule is C=c1cc(-c2cnn(CCN3CCN(C)CC3)c2)s/c1=C(/C=C\N)Oc1ccc(NC(=O)NC2CC2)cc1F. The summed E-state index contributed by atoms with van der Waals surface area (Å²) in [6, 6.07) is 6.13. The van der Waals surface area contributed by atoms with Crippen LogP contribution >= 0.6 is 11.3 Å². The Hall–Kier alpha value is -3.67. The van der Waals surface area contributed by atoms with Crippen LogP contribution in [0.5, 0.6) is 5.75 Å². The number of nitrogens with one attached hydrogen (secondary N) is 2. The number of aromatic nitrogens is 2. The zero-order valence-electron chi connectivity index (χ0n) is 22.0. The minimum atomic E-state index is -0.605. The van der Waals surface area contributed by atoms with Gasteiger partial charge in [0.15, 0.2) is 11.6 Å². The number of ether oxygens (including phenoxy) is 1. The van der Waals surface area contributed by atoms with Gasteiger partial charge in [-0.1, -0.05) is 6.58 Å². The molecule has 0 spiro atoms. The molecule has 0 atom stereocenters. The van der Waals surface area contributed by atoms with E-state index in [1.165, 1.54) is 29.7 Å². The van der Waals surface area contributed by atoms with Crippen molar-refractivity contribution in [2.24, 2.45) is 5.73 Å². The molecule has 1 saturated heterocycles. The van der Waals surface area contributed by atoms with Crippen molar-refractivity contribution >= 4 is 35.4 Å². The molecule has 0 bridgehead atoms. The van der Waals surface area contributed by atoms with Crippen LogP contribution < -0.4 is 30.9 Å². The minimum absolute atomic E-state index is 0.0160. The lowest BCUT2D eigenvalue weighted by molar-refractivity contribution is 0.149. The highest BCUT2D eigenvalue weighted by Crippen LogP contribution is 2.25. The Kier molecular flexibility index (Phi) is 8.30. The van der Waals surface area contributed by atoms with E-state index in [1.54, 1.807) is 12.1 Å². The van der Waals surface area contributed by atoms with Crippen molar-refractivity contribution in [1.29, 1.82) is 0 Å². The number of halogens is 1. The molecular formula is C28H34FN7O2S. The van der Waals surface area contributed by atoms with Gasteiger partial charge in [0.05, 0.1) is 17.3 Å². The summed E-state index contributed by atoms with van der Waals surface area (Å²) in [6.45, 7) is 10.3. The number of urea groups is 1. The number of piperazine rings is 1. The van der Waals surface area contributed by atoms with Gasteiger partial charge in [0.25, 0.3) is 0 Å². The topological polar surface area (TPSA) is 101 Å². The second-order valence-corrected chi connectivity index (χ2v) is 11.0. The molecule has 1 aromatic carbocycles. The van der Waals surface area contributed by atoms with E-state index >= 15 is 0 Å². The Balaban J connectivity index is 1.29. The lowest BCUT2D eigenvalue weighted by Crippen LogP contribution is -2.45. The molecule has 206 valence electrons. The number of carbonyl (C=O) groups excluding carboxylic acids is 1. The van der Waals surface area contributed by atoms with Crippen molar-refractivity contribution in [2.75, 3.05) is 45.1 Å². The number of benzene rings is 1. The van der Waals surface area contributed by atoms with Gasteiger partial charge in [-0.15, -0.1) is 11.3 Å². The number of hydrogen-bond acceptors (Lipinski definition) is 7. The van der Waals surface area contributed by atoms with Gasteiger partial charge >= 0.3 is 6.03 Å². The van der Waals surface area contributed by atoms with E-state index in [0.717, 1.165) is 72.3 Å². The van der Waals surface area contributed by atoms with Crippen LogP contribution in [0.25, 0.3) is 22.8 Å². The highest BCUT2D eigenvalue weighted by molar-refractivity contribution is 7.13. The maximum Gasteiger partial charge on any atom is 0.319 e. The molecule has 3 aromatic rings. The van der Waals surface area contributed by atoms with Crippen molar-refractivity contribution in [2.45, 2.75) is 25.4 Å². The molecule has 1 aliphatic heterocycles. The first-order valence-corrected chi connectivity index (χ1v) is 13.9. The van der Waals surface area contributed by atoms with E-state index in [1.807, 2.05) is 23.1 Å². The van der Waals surface area contributed by atoms with Crippen LogP contribution in [0.4, 0.5) is 14.9 Å². The summed E-state index contributed by atoms with van der Waals surface area (Å²) in [5.41, 5.74) is 7.02. The number of rotatable bonds is 9. The van der Waals surface area contributed by atoms with Gasteiger partial charge in [0.2, 0.25) is 0 Å². The van der Waals surface area contributed by atoms with Crippen molar-refractivity contribution in [1.82, 2.24) is 24.9 Å². The van der Waals surface area contributed by atoms with E-state index in [2.05, 4.69) is 39.2 Å². The first-order valence-electron chi connectivity index (χ1n) is 13.1. The number of thiophene rings is 1. The van der Waals surface area contributed by atoms with Crippen molar-refractivity contribution in [3.63, 3.8) is 0 Å². The molecule has 5 rings (SSSR count). The van der Waals surface area contributed by atoms with Gasteiger partial charge in [-0.05, 0) is 55.6 Å². The first-order chi connectivity index (χ1) is 18.9. The van der Waals surface area contributed by atoms with Crippen LogP contribution in [-0.4, -0.2) is 71.4 Å². The molecule has 39 heavy (non-hydrogen) atoms. The number of anilines is 1. The highest BCUT2D eigenvalue weighted by atomic mass is 32.1. The average molecular weight is 552 g/mol. The molecule has 4 N–H and O–H groups in total. The number of carbonyl (C=O) groups is 1. The molecular weight excluding hydrogens is 517 g/mol. The zero-order valence-corrected chi connectivity index (χ0v) is 22.8. The molecule has 2 amide bonds. The van der Waals surface area contributed by atoms with Gasteiger partial charge in [-0.3, -0.25) is 9.58 Å². The third kappa shape index (κ3) is 7.05. The fourth-order valence-corrected chi connectivity index (χ4v) is 5.36. The third-order valence-electron chi connectivity index (χ3n) is 6.76. The average Bonchev–Trinajstić information content (AvgIpc) is 3.44. The fourth-order valence-electron chi connectivity index (χ4n) is 4.31. The number of hydrogen-bond donors (Lipinski definition) is 3. The Morgan fingerprint density at radius 3 is 2.77 bits per heavy atom. The second-order valence-electron chi connectivity index (χ2n) is 9.95. The maximum absolute atomic E-state index is 14.9. The Morgan fingerprint density at radius 2 is 2.05 bits per heavy atom. The van der Waals surface area contributed by atoms with Gasteiger partial charge in [0.1, 0.15) is 5.76 Å². The molecule has 3 heterocycles. The normalized spacial score (nSPS) is 17.4. The van der Waals surface area contributed by atoms with Crippen LogP contribution in [0.3, 0.4) is 0 Å². The van der Waals surface area contributed by atoms with Gasteiger partial charge in [-0.25, -0.2) is 9.18 Å². The van der Waals surface area contributed by atoms with Gasteiger partial charge < -0.3 is 26.0 Å². The molecule has 0 unspecified atom stereocenters.